The summed E-state index contributed by atoms with van der Waals surface area (Å²) in [5.41, 5.74) is 1.39. The summed E-state index contributed by atoms with van der Waals surface area (Å²) in [6.07, 6.45) is 3.12. The molecule has 2 atom stereocenters. The van der Waals surface area contributed by atoms with Crippen molar-refractivity contribution in [2.24, 2.45) is 0 Å². The van der Waals surface area contributed by atoms with Gasteiger partial charge in [0.05, 0.1) is 18.2 Å². The molecule has 1 aromatic carbocycles. The van der Waals surface area contributed by atoms with Crippen LogP contribution < -0.4 is 0 Å². The van der Waals surface area contributed by atoms with E-state index in [2.05, 4.69) is 4.98 Å². The van der Waals surface area contributed by atoms with Crippen LogP contribution in [0.25, 0.3) is 0 Å². The maximum atomic E-state index is 13.0. The van der Waals surface area contributed by atoms with E-state index in [1.165, 1.54) is 11.1 Å². The van der Waals surface area contributed by atoms with E-state index in [-0.39, 0.29) is 30.4 Å². The van der Waals surface area contributed by atoms with Crippen molar-refractivity contribution in [3.05, 3.63) is 66.0 Å². The fourth-order valence-corrected chi connectivity index (χ4v) is 3.71. The third kappa shape index (κ3) is 2.95. The van der Waals surface area contributed by atoms with Crippen molar-refractivity contribution in [2.45, 2.75) is 19.0 Å². The highest BCUT2D eigenvalue weighted by Gasteiger charge is 2.50. The van der Waals surface area contributed by atoms with Crippen LogP contribution in [0.1, 0.15) is 28.9 Å². The average molecular weight is 364 g/mol. The monoisotopic (exact) mass is 364 g/mol. The Morgan fingerprint density at radius 3 is 2.59 bits per heavy atom. The van der Waals surface area contributed by atoms with Crippen LogP contribution in [-0.2, 0) is 4.79 Å². The number of fused-ring (bicyclic) bond motifs is 1. The number of aromatic nitrogens is 1. The zero-order chi connectivity index (χ0) is 19.0. The summed E-state index contributed by atoms with van der Waals surface area (Å²) in [6.45, 7) is 2.80. The first-order chi connectivity index (χ1) is 13.1. The van der Waals surface area contributed by atoms with Gasteiger partial charge in [0, 0.05) is 25.5 Å². The van der Waals surface area contributed by atoms with Gasteiger partial charge in [0.15, 0.2) is 0 Å². The van der Waals surface area contributed by atoms with Gasteiger partial charge in [0.25, 0.3) is 11.8 Å². The van der Waals surface area contributed by atoms with Gasteiger partial charge in [0.2, 0.25) is 0 Å². The molecule has 7 nitrogen and oxygen atoms in total. The maximum Gasteiger partial charge on any atom is 0.328 e. The van der Waals surface area contributed by atoms with Gasteiger partial charge in [-0.1, -0.05) is 30.3 Å². The first-order valence-corrected chi connectivity index (χ1v) is 8.96. The lowest BCUT2D eigenvalue weighted by molar-refractivity contribution is -0.130. The van der Waals surface area contributed by atoms with Crippen LogP contribution in [0.2, 0.25) is 0 Å². The minimum Gasteiger partial charge on any atom is -0.334 e. The Bertz CT molecular complexity index is 871. The first kappa shape index (κ1) is 17.2. The molecule has 4 rings (SSSR count). The van der Waals surface area contributed by atoms with Gasteiger partial charge >= 0.3 is 6.03 Å². The average Bonchev–Trinajstić information content (AvgIpc) is 2.98. The Morgan fingerprint density at radius 2 is 1.89 bits per heavy atom. The van der Waals surface area contributed by atoms with Gasteiger partial charge < -0.3 is 9.80 Å². The number of nitrogens with zero attached hydrogens (tertiary/aromatic N) is 4. The first-order valence-electron chi connectivity index (χ1n) is 8.96. The van der Waals surface area contributed by atoms with Crippen LogP contribution in [0.15, 0.2) is 54.9 Å². The van der Waals surface area contributed by atoms with E-state index >= 15 is 0 Å². The molecule has 0 saturated carbocycles. The second-order valence-electron chi connectivity index (χ2n) is 6.78. The number of imide groups is 1. The summed E-state index contributed by atoms with van der Waals surface area (Å²) < 4.78 is 0. The van der Waals surface area contributed by atoms with Gasteiger partial charge in [-0.25, -0.2) is 4.79 Å². The van der Waals surface area contributed by atoms with Gasteiger partial charge in [-0.05, 0) is 24.6 Å². The normalized spacial score (nSPS) is 20.6. The molecule has 0 aliphatic carbocycles. The number of pyridine rings is 1. The third-order valence-electron chi connectivity index (χ3n) is 5.22. The summed E-state index contributed by atoms with van der Waals surface area (Å²) in [5.74, 6) is -0.419. The zero-order valence-corrected chi connectivity index (χ0v) is 15.0. The minimum absolute atomic E-state index is 0.169. The van der Waals surface area contributed by atoms with Gasteiger partial charge in [0.1, 0.15) is 6.04 Å². The Kier molecular flexibility index (Phi) is 4.35. The zero-order valence-electron chi connectivity index (χ0n) is 15.0. The SMILES string of the molecule is C[C@@H](c1ccccc1)N1C(=O)[C@@H]2CN(C(=O)c3cccnc3)CCN2C1=O. The van der Waals surface area contributed by atoms with Crippen LogP contribution in [0, 0.1) is 0 Å². The molecule has 4 amide bonds. The van der Waals surface area contributed by atoms with E-state index < -0.39 is 6.04 Å². The predicted molar refractivity (Wildman–Crippen MR) is 97.7 cm³/mol. The van der Waals surface area contributed by atoms with E-state index in [4.69, 9.17) is 0 Å². The molecule has 0 radical (unpaired) electrons. The molecular weight excluding hydrogens is 344 g/mol. The predicted octanol–water partition coefficient (Wildman–Crippen LogP) is 1.93. The van der Waals surface area contributed by atoms with Crippen LogP contribution in [0.4, 0.5) is 4.79 Å². The van der Waals surface area contributed by atoms with Crippen LogP contribution in [-0.4, -0.2) is 63.2 Å². The lowest BCUT2D eigenvalue weighted by atomic mass is 10.1. The molecule has 0 spiro atoms. The van der Waals surface area contributed by atoms with Gasteiger partial charge in [-0.15, -0.1) is 0 Å². The summed E-state index contributed by atoms with van der Waals surface area (Å²) >= 11 is 0. The summed E-state index contributed by atoms with van der Waals surface area (Å²) in [4.78, 5) is 47.0. The molecule has 7 heteroatoms. The molecule has 2 fully saturated rings. The highest BCUT2D eigenvalue weighted by atomic mass is 16.2. The molecule has 0 bridgehead atoms. The number of urea groups is 1. The molecular formula is C20H20N4O3. The molecule has 138 valence electrons. The van der Waals surface area contributed by atoms with E-state index in [0.29, 0.717) is 18.7 Å². The summed E-state index contributed by atoms with van der Waals surface area (Å²) in [5, 5.41) is 0. The fourth-order valence-electron chi connectivity index (χ4n) is 3.71. The smallest absolute Gasteiger partial charge is 0.328 e. The number of carbonyl (C=O) groups excluding carboxylic acids is 3. The lowest BCUT2D eigenvalue weighted by Gasteiger charge is -2.35. The molecule has 27 heavy (non-hydrogen) atoms. The quantitative estimate of drug-likeness (QED) is 0.780. The number of carbonyl (C=O) groups is 3. The molecule has 2 aromatic rings. The number of amides is 4. The molecule has 2 aliphatic rings. The van der Waals surface area contributed by atoms with Crippen molar-refractivity contribution in [3.8, 4) is 0 Å². The maximum absolute atomic E-state index is 13.0. The molecule has 2 saturated heterocycles. The molecule has 0 unspecified atom stereocenters. The van der Waals surface area contributed by atoms with E-state index in [1.54, 1.807) is 28.1 Å². The van der Waals surface area contributed by atoms with Crippen LogP contribution in [0.5, 0.6) is 0 Å². The number of hydrogen-bond donors (Lipinski definition) is 0. The van der Waals surface area contributed by atoms with Crippen LogP contribution >= 0.6 is 0 Å². The van der Waals surface area contributed by atoms with E-state index in [0.717, 1.165) is 5.56 Å². The second kappa shape index (κ2) is 6.83. The van der Waals surface area contributed by atoms with E-state index in [1.807, 2.05) is 37.3 Å². The number of piperazine rings is 1. The summed E-state index contributed by atoms with van der Waals surface area (Å²) in [6, 6.07) is 11.6. The largest absolute Gasteiger partial charge is 0.334 e. The highest BCUT2D eigenvalue weighted by Crippen LogP contribution is 2.30. The second-order valence-corrected chi connectivity index (χ2v) is 6.78. The Balaban J connectivity index is 1.54. The van der Waals surface area contributed by atoms with Crippen LogP contribution in [0.3, 0.4) is 0 Å². The molecule has 0 N–H and O–H groups in total. The molecule has 1 aromatic heterocycles. The van der Waals surface area contributed by atoms with Crippen molar-refractivity contribution >= 4 is 17.8 Å². The lowest BCUT2D eigenvalue weighted by Crippen LogP contribution is -2.54. The van der Waals surface area contributed by atoms with E-state index in [9.17, 15) is 14.4 Å². The van der Waals surface area contributed by atoms with Crippen molar-refractivity contribution < 1.29 is 14.4 Å². The Morgan fingerprint density at radius 1 is 1.11 bits per heavy atom. The standard InChI is InChI=1S/C20H20N4O3/c1-14(15-6-3-2-4-7-15)24-19(26)17-13-22(10-11-23(17)20(24)27)18(25)16-8-5-9-21-12-16/h2-9,12,14,17H,10-11,13H2,1H3/t14-,17-/m0/s1. The van der Waals surface area contributed by atoms with Crippen molar-refractivity contribution in [1.29, 1.82) is 0 Å². The number of benzene rings is 1. The Hall–Kier alpha value is -3.22. The molecule has 3 heterocycles. The third-order valence-corrected chi connectivity index (χ3v) is 5.22. The minimum atomic E-state index is -0.627. The van der Waals surface area contributed by atoms with Crippen molar-refractivity contribution in [1.82, 2.24) is 19.7 Å². The molecule has 2 aliphatic heterocycles. The van der Waals surface area contributed by atoms with Gasteiger partial charge in [-0.2, -0.15) is 0 Å². The number of rotatable bonds is 3. The highest BCUT2D eigenvalue weighted by molar-refractivity contribution is 6.05. The Labute approximate surface area is 157 Å². The van der Waals surface area contributed by atoms with Crippen molar-refractivity contribution in [3.63, 3.8) is 0 Å². The van der Waals surface area contributed by atoms with Crippen molar-refractivity contribution in [2.75, 3.05) is 19.6 Å². The number of hydrogen-bond acceptors (Lipinski definition) is 4. The fraction of sp³-hybridized carbons (Fsp3) is 0.300. The van der Waals surface area contributed by atoms with Gasteiger partial charge in [-0.3, -0.25) is 19.5 Å². The topological polar surface area (TPSA) is 73.8 Å². The summed E-state index contributed by atoms with van der Waals surface area (Å²) in [7, 11) is 0.